The second kappa shape index (κ2) is 21.0. The average molecular weight is 550 g/mol. The van der Waals surface area contributed by atoms with E-state index in [9.17, 15) is 35.4 Å². The average Bonchev–Trinajstić information content (AvgIpc) is 2.90. The molecule has 226 valence electrons. The molecule has 10 heteroatoms. The van der Waals surface area contributed by atoms with E-state index in [1.807, 2.05) is 6.92 Å². The van der Waals surface area contributed by atoms with Crippen molar-refractivity contribution in [3.63, 3.8) is 0 Å². The van der Waals surface area contributed by atoms with Crippen LogP contribution in [0.3, 0.4) is 0 Å². The Morgan fingerprint density at radius 1 is 0.816 bits per heavy atom. The van der Waals surface area contributed by atoms with Gasteiger partial charge in [-0.15, -0.1) is 0 Å². The zero-order valence-corrected chi connectivity index (χ0v) is 23.5. The number of hydrogen-bond donors (Lipinski definition) is 7. The fraction of sp³-hybridized carbons (Fsp3) is 0.964. The molecule has 0 spiro atoms. The molecule has 0 bridgehead atoms. The minimum Gasteiger partial charge on any atom is -0.394 e. The lowest BCUT2D eigenvalue weighted by Crippen LogP contribution is -2.60. The Labute approximate surface area is 228 Å². The Morgan fingerprint density at radius 2 is 1.37 bits per heavy atom. The van der Waals surface area contributed by atoms with Crippen molar-refractivity contribution in [2.45, 2.75) is 159 Å². The van der Waals surface area contributed by atoms with Gasteiger partial charge in [0.05, 0.1) is 25.4 Å². The topological polar surface area (TPSA) is 169 Å². The molecule has 7 N–H and O–H groups in total. The molecule has 0 aromatic carbocycles. The van der Waals surface area contributed by atoms with Crippen molar-refractivity contribution < 1.29 is 44.9 Å². The third-order valence-corrected chi connectivity index (χ3v) is 7.27. The van der Waals surface area contributed by atoms with Gasteiger partial charge in [-0.25, -0.2) is 0 Å². The maximum absolute atomic E-state index is 12.2. The van der Waals surface area contributed by atoms with Crippen LogP contribution in [0, 0.1) is 0 Å². The smallest absolute Gasteiger partial charge is 0.220 e. The summed E-state index contributed by atoms with van der Waals surface area (Å²) >= 11 is 0. The molecule has 0 saturated carbocycles. The van der Waals surface area contributed by atoms with Crippen LogP contribution in [-0.2, 0) is 14.3 Å². The molecule has 1 aliphatic heterocycles. The molecule has 1 amide bonds. The van der Waals surface area contributed by atoms with Gasteiger partial charge in [-0.05, 0) is 12.8 Å². The summed E-state index contributed by atoms with van der Waals surface area (Å²) < 4.78 is 10.9. The van der Waals surface area contributed by atoms with Gasteiger partial charge in [0.2, 0.25) is 5.91 Å². The van der Waals surface area contributed by atoms with Gasteiger partial charge >= 0.3 is 0 Å². The molecule has 10 nitrogen and oxygen atoms in total. The van der Waals surface area contributed by atoms with E-state index >= 15 is 0 Å². The zero-order chi connectivity index (χ0) is 28.3. The Hall–Kier alpha value is -0.850. The minimum absolute atomic E-state index is 0.234. The van der Waals surface area contributed by atoms with Crippen molar-refractivity contribution in [2.24, 2.45) is 0 Å². The SMILES string of the molecule is CCCCCCCCCCCCCC[C@@H](O)[C@@H](O)[C@H](CO[C@H]1OC(CO)[C@H](O)[C@H](O)C1O)NC(=O)CCC. The van der Waals surface area contributed by atoms with Crippen LogP contribution in [0.4, 0.5) is 0 Å². The van der Waals surface area contributed by atoms with Crippen LogP contribution in [0.5, 0.6) is 0 Å². The number of carbonyl (C=O) groups excluding carboxylic acids is 1. The van der Waals surface area contributed by atoms with Gasteiger partial charge in [-0.2, -0.15) is 0 Å². The molecule has 8 atom stereocenters. The van der Waals surface area contributed by atoms with Crippen molar-refractivity contribution in [3.8, 4) is 0 Å². The number of amides is 1. The van der Waals surface area contributed by atoms with Crippen molar-refractivity contribution >= 4 is 5.91 Å². The second-order valence-electron chi connectivity index (χ2n) is 10.7. The van der Waals surface area contributed by atoms with Gasteiger partial charge in [-0.3, -0.25) is 4.79 Å². The molecule has 2 unspecified atom stereocenters. The zero-order valence-electron chi connectivity index (χ0n) is 23.5. The number of hydrogen-bond acceptors (Lipinski definition) is 9. The molecule has 1 heterocycles. The van der Waals surface area contributed by atoms with Crippen molar-refractivity contribution in [2.75, 3.05) is 13.2 Å². The van der Waals surface area contributed by atoms with E-state index in [0.717, 1.165) is 25.7 Å². The Kier molecular flexibility index (Phi) is 19.4. The van der Waals surface area contributed by atoms with Crippen LogP contribution in [0.15, 0.2) is 0 Å². The molecule has 0 aromatic rings. The fourth-order valence-corrected chi connectivity index (χ4v) is 4.77. The molecule has 38 heavy (non-hydrogen) atoms. The largest absolute Gasteiger partial charge is 0.394 e. The maximum atomic E-state index is 12.2. The Bertz CT molecular complexity index is 595. The number of aliphatic hydroxyl groups is 6. The highest BCUT2D eigenvalue weighted by Crippen LogP contribution is 2.23. The van der Waals surface area contributed by atoms with Gasteiger partial charge < -0.3 is 45.4 Å². The summed E-state index contributed by atoms with van der Waals surface area (Å²) in [5.74, 6) is -0.313. The lowest BCUT2D eigenvalue weighted by molar-refractivity contribution is -0.303. The van der Waals surface area contributed by atoms with Crippen LogP contribution in [0.25, 0.3) is 0 Å². The first-order valence-corrected chi connectivity index (χ1v) is 14.8. The van der Waals surface area contributed by atoms with Crippen LogP contribution in [0.1, 0.15) is 110 Å². The van der Waals surface area contributed by atoms with E-state index < -0.39 is 55.6 Å². The summed E-state index contributed by atoms with van der Waals surface area (Å²) in [4.78, 5) is 12.2. The van der Waals surface area contributed by atoms with Crippen LogP contribution in [-0.4, -0.2) is 98.7 Å². The lowest BCUT2D eigenvalue weighted by Gasteiger charge is -2.40. The second-order valence-corrected chi connectivity index (χ2v) is 10.7. The highest BCUT2D eigenvalue weighted by molar-refractivity contribution is 5.76. The van der Waals surface area contributed by atoms with E-state index in [-0.39, 0.29) is 18.9 Å². The molecule has 0 radical (unpaired) electrons. The summed E-state index contributed by atoms with van der Waals surface area (Å²) in [6.07, 6.45) is 5.91. The first kappa shape index (κ1) is 35.2. The lowest BCUT2D eigenvalue weighted by atomic mass is 9.98. The first-order valence-electron chi connectivity index (χ1n) is 14.8. The monoisotopic (exact) mass is 549 g/mol. The van der Waals surface area contributed by atoms with Gasteiger partial charge in [-0.1, -0.05) is 90.9 Å². The third kappa shape index (κ3) is 13.5. The number of carbonyl (C=O) groups is 1. The standard InChI is InChI=1S/C28H55NO9/c1-3-5-6-7-8-9-10-11-12-13-14-15-17-21(31)24(33)20(29-23(32)16-4-2)19-37-28-27(36)26(35)25(34)22(18-30)38-28/h20-22,24-28,30-31,33-36H,3-19H2,1-2H3,(H,29,32)/t20-,21+,22?,24-,25-,26-,27?,28-/m0/s1. The first-order chi connectivity index (χ1) is 18.3. The van der Waals surface area contributed by atoms with Crippen molar-refractivity contribution in [3.05, 3.63) is 0 Å². The quantitative estimate of drug-likeness (QED) is 0.0997. The van der Waals surface area contributed by atoms with Gasteiger partial charge in [0.25, 0.3) is 0 Å². The Morgan fingerprint density at radius 3 is 1.89 bits per heavy atom. The summed E-state index contributed by atoms with van der Waals surface area (Å²) in [6.45, 7) is 3.17. The number of ether oxygens (including phenoxy) is 2. The van der Waals surface area contributed by atoms with E-state index in [2.05, 4.69) is 12.2 Å². The normalized spacial score (nSPS) is 26.2. The molecule has 1 rings (SSSR count). The van der Waals surface area contributed by atoms with E-state index in [1.165, 1.54) is 51.4 Å². The maximum Gasteiger partial charge on any atom is 0.220 e. The molecule has 1 aliphatic rings. The third-order valence-electron chi connectivity index (χ3n) is 7.27. The minimum atomic E-state index is -1.60. The van der Waals surface area contributed by atoms with Gasteiger partial charge in [0, 0.05) is 6.42 Å². The van der Waals surface area contributed by atoms with Crippen molar-refractivity contribution in [1.82, 2.24) is 5.32 Å². The summed E-state index contributed by atoms with van der Waals surface area (Å²) in [7, 11) is 0. The summed E-state index contributed by atoms with van der Waals surface area (Å²) in [5.41, 5.74) is 0. The predicted molar refractivity (Wildman–Crippen MR) is 144 cm³/mol. The highest BCUT2D eigenvalue weighted by atomic mass is 16.7. The number of aliphatic hydroxyl groups excluding tert-OH is 6. The molecular weight excluding hydrogens is 494 g/mol. The van der Waals surface area contributed by atoms with Crippen LogP contribution in [0.2, 0.25) is 0 Å². The van der Waals surface area contributed by atoms with Gasteiger partial charge in [0.1, 0.15) is 30.5 Å². The van der Waals surface area contributed by atoms with E-state index in [1.54, 1.807) is 0 Å². The van der Waals surface area contributed by atoms with Crippen molar-refractivity contribution in [1.29, 1.82) is 0 Å². The fourth-order valence-electron chi connectivity index (χ4n) is 4.77. The summed E-state index contributed by atoms with van der Waals surface area (Å²) in [5, 5.41) is 63.5. The molecule has 1 saturated heterocycles. The molecular formula is C28H55NO9. The molecule has 1 fully saturated rings. The van der Waals surface area contributed by atoms with Crippen LogP contribution >= 0.6 is 0 Å². The van der Waals surface area contributed by atoms with Crippen LogP contribution < -0.4 is 5.32 Å². The molecule has 0 aliphatic carbocycles. The number of unbranched alkanes of at least 4 members (excludes halogenated alkanes) is 11. The van der Waals surface area contributed by atoms with Gasteiger partial charge in [0.15, 0.2) is 6.29 Å². The summed E-state index contributed by atoms with van der Waals surface area (Å²) in [6, 6.07) is -0.978. The molecule has 0 aromatic heterocycles. The Balaban J connectivity index is 2.43. The van der Waals surface area contributed by atoms with E-state index in [0.29, 0.717) is 12.8 Å². The predicted octanol–water partition coefficient (Wildman–Crippen LogP) is 1.90. The number of nitrogens with one attached hydrogen (secondary N) is 1. The van der Waals surface area contributed by atoms with E-state index in [4.69, 9.17) is 9.47 Å². The highest BCUT2D eigenvalue weighted by Gasteiger charge is 2.44. The number of rotatable bonds is 22.